The first-order chi connectivity index (χ1) is 12.9. The summed E-state index contributed by atoms with van der Waals surface area (Å²) >= 11 is 5.87. The van der Waals surface area contributed by atoms with Crippen LogP contribution in [0, 0.1) is 11.8 Å². The van der Waals surface area contributed by atoms with Crippen molar-refractivity contribution in [3.63, 3.8) is 0 Å². The van der Waals surface area contributed by atoms with E-state index in [9.17, 15) is 14.4 Å². The molecule has 2 N–H and O–H groups in total. The van der Waals surface area contributed by atoms with E-state index in [1.54, 1.807) is 29.2 Å². The number of nitrogens with one attached hydrogen (secondary N) is 1. The Kier molecular flexibility index (Phi) is 6.37. The average molecular weight is 393 g/mol. The number of halogens is 1. The van der Waals surface area contributed by atoms with Gasteiger partial charge in [-0.2, -0.15) is 0 Å². The van der Waals surface area contributed by atoms with Gasteiger partial charge >= 0.3 is 12.0 Å². The highest BCUT2D eigenvalue weighted by Gasteiger charge is 2.30. The van der Waals surface area contributed by atoms with Crippen molar-refractivity contribution in [3.05, 3.63) is 34.9 Å². The molecule has 0 radical (unpaired) electrons. The normalized spacial score (nSPS) is 23.7. The number of rotatable bonds is 4. The minimum Gasteiger partial charge on any atom is -0.481 e. The fraction of sp³-hybridized carbons (Fsp3) is 0.550. The summed E-state index contributed by atoms with van der Waals surface area (Å²) in [7, 11) is 0. The Hall–Kier alpha value is -2.08. The van der Waals surface area contributed by atoms with E-state index in [4.69, 9.17) is 16.7 Å². The Labute approximate surface area is 163 Å². The lowest BCUT2D eigenvalue weighted by molar-refractivity contribution is -0.142. The summed E-state index contributed by atoms with van der Waals surface area (Å²) in [6.07, 6.45) is 3.93. The van der Waals surface area contributed by atoms with Gasteiger partial charge in [-0.25, -0.2) is 4.79 Å². The molecule has 2 aliphatic rings. The predicted octanol–water partition coefficient (Wildman–Crippen LogP) is 3.59. The van der Waals surface area contributed by atoms with Gasteiger partial charge in [-0.1, -0.05) is 11.6 Å². The number of carboxylic acid groups (broad SMARTS) is 1. The minimum absolute atomic E-state index is 0.0431. The highest BCUT2D eigenvalue weighted by molar-refractivity contribution is 6.30. The number of hydrogen-bond donors (Lipinski definition) is 2. The van der Waals surface area contributed by atoms with Crippen LogP contribution in [0.1, 0.15) is 48.9 Å². The molecular formula is C20H25ClN2O4. The van der Waals surface area contributed by atoms with Gasteiger partial charge < -0.3 is 15.3 Å². The Morgan fingerprint density at radius 2 is 1.52 bits per heavy atom. The molecular weight excluding hydrogens is 368 g/mol. The lowest BCUT2D eigenvalue weighted by Crippen LogP contribution is -2.49. The summed E-state index contributed by atoms with van der Waals surface area (Å²) in [4.78, 5) is 37.8. The van der Waals surface area contributed by atoms with Crippen LogP contribution in [0.3, 0.4) is 0 Å². The number of aliphatic carboxylic acids is 1. The summed E-state index contributed by atoms with van der Waals surface area (Å²) in [5, 5.41) is 12.7. The topological polar surface area (TPSA) is 86.7 Å². The molecule has 27 heavy (non-hydrogen) atoms. The van der Waals surface area contributed by atoms with E-state index in [1.165, 1.54) is 0 Å². The molecule has 1 aliphatic carbocycles. The third-order valence-electron chi connectivity index (χ3n) is 5.69. The summed E-state index contributed by atoms with van der Waals surface area (Å²) in [5.74, 6) is -0.986. The number of carbonyl (C=O) groups excluding carboxylic acids is 2. The van der Waals surface area contributed by atoms with Gasteiger partial charge in [-0.05, 0) is 62.8 Å². The second kappa shape index (κ2) is 8.74. The number of hydrogen-bond acceptors (Lipinski definition) is 3. The third-order valence-corrected chi connectivity index (χ3v) is 5.94. The van der Waals surface area contributed by atoms with E-state index in [1.807, 2.05) is 0 Å². The molecule has 146 valence electrons. The number of amides is 2. The van der Waals surface area contributed by atoms with Gasteiger partial charge in [-0.15, -0.1) is 0 Å². The molecule has 2 fully saturated rings. The molecule has 0 bridgehead atoms. The number of nitrogens with zero attached hydrogens (tertiary/aromatic N) is 1. The van der Waals surface area contributed by atoms with Gasteiger partial charge in [0.1, 0.15) is 0 Å². The zero-order valence-corrected chi connectivity index (χ0v) is 16.0. The Morgan fingerprint density at radius 1 is 0.926 bits per heavy atom. The van der Waals surface area contributed by atoms with E-state index in [0.717, 1.165) is 0 Å². The Morgan fingerprint density at radius 3 is 2.07 bits per heavy atom. The first-order valence-electron chi connectivity index (χ1n) is 9.52. The molecule has 1 aliphatic heterocycles. The predicted molar refractivity (Wildman–Crippen MR) is 102 cm³/mol. The molecule has 1 aromatic rings. The van der Waals surface area contributed by atoms with E-state index in [-0.39, 0.29) is 29.7 Å². The SMILES string of the molecule is O=C(O)C1CCC(NC(=O)N2CCC(C(=O)c3ccc(Cl)cc3)CC2)CC1. The fourth-order valence-electron chi connectivity index (χ4n) is 3.95. The summed E-state index contributed by atoms with van der Waals surface area (Å²) < 4.78 is 0. The number of ketones is 1. The van der Waals surface area contributed by atoms with Gasteiger partial charge in [0.15, 0.2) is 5.78 Å². The highest BCUT2D eigenvalue weighted by atomic mass is 35.5. The van der Waals surface area contributed by atoms with E-state index in [2.05, 4.69) is 5.32 Å². The molecule has 6 nitrogen and oxygen atoms in total. The molecule has 1 aromatic carbocycles. The summed E-state index contributed by atoms with van der Waals surface area (Å²) in [6, 6.07) is 6.87. The van der Waals surface area contributed by atoms with Gasteiger partial charge in [-0.3, -0.25) is 9.59 Å². The Balaban J connectivity index is 1.45. The van der Waals surface area contributed by atoms with Gasteiger partial charge in [0.25, 0.3) is 0 Å². The van der Waals surface area contributed by atoms with Crippen molar-refractivity contribution in [2.75, 3.05) is 13.1 Å². The lowest BCUT2D eigenvalue weighted by atomic mass is 9.86. The standard InChI is InChI=1S/C20H25ClN2O4/c21-16-5-1-13(2-6-16)18(24)14-9-11-23(12-10-14)20(27)22-17-7-3-15(4-8-17)19(25)26/h1-2,5-6,14-15,17H,3-4,7-12H2,(H,22,27)(H,25,26). The van der Waals surface area contributed by atoms with E-state index < -0.39 is 5.97 Å². The Bertz CT molecular complexity index is 690. The maximum atomic E-state index is 12.6. The molecule has 1 saturated heterocycles. The number of Topliss-reactive ketones (excluding diaryl/α,β-unsaturated/α-hetero) is 1. The number of carboxylic acids is 1. The smallest absolute Gasteiger partial charge is 0.317 e. The van der Waals surface area contributed by atoms with Crippen LogP contribution in [0.5, 0.6) is 0 Å². The van der Waals surface area contributed by atoms with Gasteiger partial charge in [0.05, 0.1) is 5.92 Å². The molecule has 1 heterocycles. The lowest BCUT2D eigenvalue weighted by Gasteiger charge is -2.34. The van der Waals surface area contributed by atoms with E-state index in [0.29, 0.717) is 62.2 Å². The van der Waals surface area contributed by atoms with Crippen LogP contribution in [-0.2, 0) is 4.79 Å². The van der Waals surface area contributed by atoms with Crippen molar-refractivity contribution in [3.8, 4) is 0 Å². The van der Waals surface area contributed by atoms with Crippen LogP contribution < -0.4 is 5.32 Å². The van der Waals surface area contributed by atoms with Crippen LogP contribution in [0.15, 0.2) is 24.3 Å². The molecule has 2 amide bonds. The maximum absolute atomic E-state index is 12.6. The molecule has 0 unspecified atom stereocenters. The number of urea groups is 1. The number of carbonyl (C=O) groups is 3. The maximum Gasteiger partial charge on any atom is 0.317 e. The van der Waals surface area contributed by atoms with Crippen LogP contribution in [0.2, 0.25) is 5.02 Å². The second-order valence-corrected chi connectivity index (χ2v) is 7.91. The number of piperidine rings is 1. The quantitative estimate of drug-likeness (QED) is 0.766. The molecule has 0 aromatic heterocycles. The summed E-state index contributed by atoms with van der Waals surface area (Å²) in [5.41, 5.74) is 0.664. The van der Waals surface area contributed by atoms with Gasteiger partial charge in [0, 0.05) is 35.6 Å². The van der Waals surface area contributed by atoms with Crippen molar-refractivity contribution in [1.82, 2.24) is 10.2 Å². The van der Waals surface area contributed by atoms with Crippen molar-refractivity contribution in [1.29, 1.82) is 0 Å². The third kappa shape index (κ3) is 5.01. The average Bonchev–Trinajstić information content (AvgIpc) is 2.68. The van der Waals surface area contributed by atoms with Crippen molar-refractivity contribution < 1.29 is 19.5 Å². The van der Waals surface area contributed by atoms with Crippen LogP contribution >= 0.6 is 11.6 Å². The van der Waals surface area contributed by atoms with Crippen molar-refractivity contribution in [2.24, 2.45) is 11.8 Å². The van der Waals surface area contributed by atoms with Crippen LogP contribution in [0.4, 0.5) is 4.79 Å². The zero-order chi connectivity index (χ0) is 19.4. The molecule has 3 rings (SSSR count). The van der Waals surface area contributed by atoms with Crippen molar-refractivity contribution in [2.45, 2.75) is 44.6 Å². The van der Waals surface area contributed by atoms with E-state index >= 15 is 0 Å². The molecule has 0 spiro atoms. The summed E-state index contributed by atoms with van der Waals surface area (Å²) in [6.45, 7) is 1.11. The largest absolute Gasteiger partial charge is 0.481 e. The van der Waals surface area contributed by atoms with Crippen LogP contribution in [0.25, 0.3) is 0 Å². The second-order valence-electron chi connectivity index (χ2n) is 7.47. The minimum atomic E-state index is -0.743. The monoisotopic (exact) mass is 392 g/mol. The first-order valence-corrected chi connectivity index (χ1v) is 9.90. The van der Waals surface area contributed by atoms with Crippen LogP contribution in [-0.4, -0.2) is 46.9 Å². The first kappa shape index (κ1) is 19.7. The fourth-order valence-corrected chi connectivity index (χ4v) is 4.07. The number of benzene rings is 1. The number of likely N-dealkylation sites (tertiary alicyclic amines) is 1. The molecule has 1 saturated carbocycles. The molecule has 7 heteroatoms. The zero-order valence-electron chi connectivity index (χ0n) is 15.2. The van der Waals surface area contributed by atoms with Crippen molar-refractivity contribution >= 4 is 29.4 Å². The highest BCUT2D eigenvalue weighted by Crippen LogP contribution is 2.26. The molecule has 0 atom stereocenters. The van der Waals surface area contributed by atoms with Gasteiger partial charge in [0.2, 0.25) is 0 Å².